The molecule has 1 aromatic heterocycles. The van der Waals surface area contributed by atoms with E-state index in [0.29, 0.717) is 30.3 Å². The van der Waals surface area contributed by atoms with Gasteiger partial charge in [0, 0.05) is 31.5 Å². The number of ether oxygens (including phenoxy) is 2. The Morgan fingerprint density at radius 3 is 2.96 bits per heavy atom. The first-order chi connectivity index (χ1) is 13.2. The summed E-state index contributed by atoms with van der Waals surface area (Å²) in [6.45, 7) is 3.20. The van der Waals surface area contributed by atoms with Crippen LogP contribution in [0.4, 0.5) is 11.4 Å². The van der Waals surface area contributed by atoms with Crippen LogP contribution < -0.4 is 20.3 Å². The van der Waals surface area contributed by atoms with Crippen LogP contribution in [0.15, 0.2) is 36.5 Å². The second-order valence-corrected chi connectivity index (χ2v) is 6.31. The molecule has 2 N–H and O–H groups in total. The molecule has 8 nitrogen and oxygen atoms in total. The number of hydrogen-bond acceptors (Lipinski definition) is 6. The molecule has 0 radical (unpaired) electrons. The molecule has 0 bridgehead atoms. The fourth-order valence-corrected chi connectivity index (χ4v) is 3.13. The standard InChI is InChI=1S/C19H20N4O4/c24-17-12-27-16-3-1-2-13(18(16)22-17)11-21-19(25)15-10-14(4-5-20-15)23-6-8-26-9-7-23/h1-5,10H,6-9,11-12H2,(H,21,25)(H,22,24). The number of fused-ring (bicyclic) bond motifs is 1. The summed E-state index contributed by atoms with van der Waals surface area (Å²) in [7, 11) is 0. The second-order valence-electron chi connectivity index (χ2n) is 6.31. The van der Waals surface area contributed by atoms with E-state index in [1.807, 2.05) is 18.2 Å². The molecule has 1 fully saturated rings. The fraction of sp³-hybridized carbons (Fsp3) is 0.316. The third-order valence-corrected chi connectivity index (χ3v) is 4.53. The summed E-state index contributed by atoms with van der Waals surface area (Å²) in [4.78, 5) is 30.5. The Bertz CT molecular complexity index is 865. The summed E-state index contributed by atoms with van der Waals surface area (Å²) >= 11 is 0. The normalized spacial score (nSPS) is 16.1. The number of carbonyl (C=O) groups is 2. The maximum absolute atomic E-state index is 12.6. The summed E-state index contributed by atoms with van der Waals surface area (Å²) < 4.78 is 10.8. The van der Waals surface area contributed by atoms with Gasteiger partial charge < -0.3 is 25.0 Å². The zero-order chi connectivity index (χ0) is 18.6. The topological polar surface area (TPSA) is 92.8 Å². The van der Waals surface area contributed by atoms with E-state index in [9.17, 15) is 9.59 Å². The molecule has 2 aromatic rings. The van der Waals surface area contributed by atoms with Crippen molar-refractivity contribution in [3.05, 3.63) is 47.8 Å². The molecule has 27 heavy (non-hydrogen) atoms. The van der Waals surface area contributed by atoms with Crippen molar-refractivity contribution >= 4 is 23.2 Å². The molecule has 0 aliphatic carbocycles. The molecule has 2 amide bonds. The van der Waals surface area contributed by atoms with Gasteiger partial charge in [0.2, 0.25) is 0 Å². The Labute approximate surface area is 156 Å². The van der Waals surface area contributed by atoms with Crippen molar-refractivity contribution in [2.24, 2.45) is 0 Å². The minimum atomic E-state index is -0.272. The van der Waals surface area contributed by atoms with Crippen LogP contribution in [-0.2, 0) is 16.1 Å². The fourth-order valence-electron chi connectivity index (χ4n) is 3.13. The molecule has 8 heteroatoms. The largest absolute Gasteiger partial charge is 0.482 e. The first-order valence-electron chi connectivity index (χ1n) is 8.82. The predicted octanol–water partition coefficient (Wildman–Crippen LogP) is 1.18. The van der Waals surface area contributed by atoms with Crippen LogP contribution in [0.2, 0.25) is 0 Å². The number of nitrogens with zero attached hydrogens (tertiary/aromatic N) is 2. The Kier molecular flexibility index (Phi) is 4.88. The number of anilines is 2. The molecule has 2 aliphatic rings. The number of pyridine rings is 1. The first-order valence-corrected chi connectivity index (χ1v) is 8.82. The van der Waals surface area contributed by atoms with Gasteiger partial charge in [0.05, 0.1) is 18.9 Å². The number of aromatic nitrogens is 1. The molecule has 0 spiro atoms. The lowest BCUT2D eigenvalue weighted by atomic mass is 10.1. The zero-order valence-electron chi connectivity index (χ0n) is 14.7. The number of hydrogen-bond donors (Lipinski definition) is 2. The molecule has 0 atom stereocenters. The SMILES string of the molecule is O=C1COc2cccc(CNC(=O)c3cc(N4CCOCC4)ccn3)c2N1. The van der Waals surface area contributed by atoms with Crippen molar-refractivity contribution in [1.82, 2.24) is 10.3 Å². The lowest BCUT2D eigenvalue weighted by Crippen LogP contribution is -2.36. The first kappa shape index (κ1) is 17.3. The smallest absolute Gasteiger partial charge is 0.270 e. The Hall–Kier alpha value is -3.13. The van der Waals surface area contributed by atoms with E-state index < -0.39 is 0 Å². The summed E-state index contributed by atoms with van der Waals surface area (Å²) in [5, 5.41) is 5.65. The molecule has 4 rings (SSSR count). The lowest BCUT2D eigenvalue weighted by molar-refractivity contribution is -0.118. The van der Waals surface area contributed by atoms with Gasteiger partial charge in [-0.3, -0.25) is 14.6 Å². The predicted molar refractivity (Wildman–Crippen MR) is 99.0 cm³/mol. The van der Waals surface area contributed by atoms with Crippen LogP contribution in [0.1, 0.15) is 16.1 Å². The van der Waals surface area contributed by atoms with Crippen molar-refractivity contribution in [2.75, 3.05) is 43.1 Å². The van der Waals surface area contributed by atoms with Crippen molar-refractivity contribution < 1.29 is 19.1 Å². The molecule has 0 saturated carbocycles. The highest BCUT2D eigenvalue weighted by atomic mass is 16.5. The number of nitrogens with one attached hydrogen (secondary N) is 2. The van der Waals surface area contributed by atoms with Gasteiger partial charge in [0.15, 0.2) is 6.61 Å². The summed E-state index contributed by atoms with van der Waals surface area (Å²) in [5.41, 5.74) is 2.68. The maximum atomic E-state index is 12.6. The van der Waals surface area contributed by atoms with Gasteiger partial charge in [-0.05, 0) is 23.8 Å². The average molecular weight is 368 g/mol. The quantitative estimate of drug-likeness (QED) is 0.842. The number of carbonyl (C=O) groups excluding carboxylic acids is 2. The van der Waals surface area contributed by atoms with Gasteiger partial charge in [0.25, 0.3) is 11.8 Å². The summed E-state index contributed by atoms with van der Waals surface area (Å²) in [6, 6.07) is 9.13. The van der Waals surface area contributed by atoms with E-state index >= 15 is 0 Å². The highest BCUT2D eigenvalue weighted by Gasteiger charge is 2.19. The Morgan fingerprint density at radius 1 is 1.26 bits per heavy atom. The summed E-state index contributed by atoms with van der Waals surface area (Å²) in [6.07, 6.45) is 1.64. The van der Waals surface area contributed by atoms with E-state index in [0.717, 1.165) is 24.3 Å². The van der Waals surface area contributed by atoms with Gasteiger partial charge in [-0.1, -0.05) is 12.1 Å². The van der Waals surface area contributed by atoms with Crippen molar-refractivity contribution in [1.29, 1.82) is 0 Å². The number of para-hydroxylation sites is 1. The molecule has 1 aromatic carbocycles. The maximum Gasteiger partial charge on any atom is 0.270 e. The molecule has 0 unspecified atom stereocenters. The number of morpholine rings is 1. The van der Waals surface area contributed by atoms with Crippen molar-refractivity contribution in [3.63, 3.8) is 0 Å². The van der Waals surface area contributed by atoms with Gasteiger partial charge in [-0.2, -0.15) is 0 Å². The molecule has 1 saturated heterocycles. The van der Waals surface area contributed by atoms with Crippen LogP contribution in [0, 0.1) is 0 Å². The Morgan fingerprint density at radius 2 is 2.11 bits per heavy atom. The third-order valence-electron chi connectivity index (χ3n) is 4.53. The zero-order valence-corrected chi connectivity index (χ0v) is 14.7. The van der Waals surface area contributed by atoms with E-state index in [-0.39, 0.29) is 25.0 Å². The van der Waals surface area contributed by atoms with Crippen LogP contribution in [0.5, 0.6) is 5.75 Å². The van der Waals surface area contributed by atoms with E-state index in [4.69, 9.17) is 9.47 Å². The Balaban J connectivity index is 1.45. The third kappa shape index (κ3) is 3.85. The number of benzene rings is 1. The number of rotatable bonds is 4. The minimum Gasteiger partial charge on any atom is -0.482 e. The monoisotopic (exact) mass is 368 g/mol. The van der Waals surface area contributed by atoms with Crippen molar-refractivity contribution in [2.45, 2.75) is 6.54 Å². The highest BCUT2D eigenvalue weighted by Crippen LogP contribution is 2.31. The van der Waals surface area contributed by atoms with Crippen LogP contribution in [0.25, 0.3) is 0 Å². The minimum absolute atomic E-state index is 0.00106. The molecular formula is C19H20N4O4. The van der Waals surface area contributed by atoms with Gasteiger partial charge in [-0.25, -0.2) is 0 Å². The average Bonchev–Trinajstić information content (AvgIpc) is 2.72. The van der Waals surface area contributed by atoms with Crippen LogP contribution in [0.3, 0.4) is 0 Å². The van der Waals surface area contributed by atoms with E-state index in [1.54, 1.807) is 18.3 Å². The van der Waals surface area contributed by atoms with Gasteiger partial charge in [0.1, 0.15) is 11.4 Å². The molecule has 3 heterocycles. The highest BCUT2D eigenvalue weighted by molar-refractivity contribution is 5.97. The lowest BCUT2D eigenvalue weighted by Gasteiger charge is -2.28. The van der Waals surface area contributed by atoms with Crippen molar-refractivity contribution in [3.8, 4) is 5.75 Å². The molecule has 2 aliphatic heterocycles. The molecular weight excluding hydrogens is 348 g/mol. The second kappa shape index (κ2) is 7.63. The van der Waals surface area contributed by atoms with E-state index in [2.05, 4.69) is 20.5 Å². The summed E-state index contributed by atoms with van der Waals surface area (Å²) in [5.74, 6) is 0.126. The van der Waals surface area contributed by atoms with E-state index in [1.165, 1.54) is 0 Å². The van der Waals surface area contributed by atoms with Gasteiger partial charge >= 0.3 is 0 Å². The van der Waals surface area contributed by atoms with Gasteiger partial charge in [-0.15, -0.1) is 0 Å². The number of amides is 2. The molecule has 140 valence electrons. The van der Waals surface area contributed by atoms with Crippen LogP contribution in [-0.4, -0.2) is 49.7 Å². The van der Waals surface area contributed by atoms with Crippen LogP contribution >= 0.6 is 0 Å².